The van der Waals surface area contributed by atoms with Gasteiger partial charge >= 0.3 is 0 Å². The Kier molecular flexibility index (Phi) is 5.40. The molecule has 1 unspecified atom stereocenters. The molecule has 2 aromatic carbocycles. The predicted octanol–water partition coefficient (Wildman–Crippen LogP) is 4.02. The van der Waals surface area contributed by atoms with E-state index in [0.717, 1.165) is 57.7 Å². The molecule has 1 atom stereocenters. The second kappa shape index (κ2) is 7.96. The number of hydrogen-bond acceptors (Lipinski definition) is 3. The Balaban J connectivity index is 1.41. The van der Waals surface area contributed by atoms with E-state index in [4.69, 9.17) is 4.74 Å². The summed E-state index contributed by atoms with van der Waals surface area (Å²) in [6.45, 7) is 6.50. The van der Waals surface area contributed by atoms with E-state index >= 15 is 0 Å². The molecule has 28 heavy (non-hydrogen) atoms. The number of carbonyl (C=O) groups is 1. The third kappa shape index (κ3) is 3.93. The first kappa shape index (κ1) is 19.0. The molecular formula is C24H30N2O2. The Morgan fingerprint density at radius 2 is 1.82 bits per heavy atom. The second-order valence-corrected chi connectivity index (χ2v) is 8.41. The zero-order valence-corrected chi connectivity index (χ0v) is 17.0. The third-order valence-electron chi connectivity index (χ3n) is 6.28. The van der Waals surface area contributed by atoms with Gasteiger partial charge < -0.3 is 9.64 Å². The molecule has 0 N–H and O–H groups in total. The average Bonchev–Trinajstić information content (AvgIpc) is 3.10. The fourth-order valence-electron chi connectivity index (χ4n) is 4.79. The van der Waals surface area contributed by atoms with Crippen LogP contribution in [0.3, 0.4) is 0 Å². The lowest BCUT2D eigenvalue weighted by Crippen LogP contribution is -2.49. The molecule has 0 aromatic heterocycles. The molecule has 4 nitrogen and oxygen atoms in total. The molecule has 1 spiro atoms. The van der Waals surface area contributed by atoms with E-state index < -0.39 is 0 Å². The molecule has 2 aliphatic rings. The van der Waals surface area contributed by atoms with Crippen LogP contribution in [0, 0.1) is 12.3 Å². The fourth-order valence-corrected chi connectivity index (χ4v) is 4.79. The Bertz CT molecular complexity index is 833. The van der Waals surface area contributed by atoms with Crippen molar-refractivity contribution in [1.29, 1.82) is 0 Å². The summed E-state index contributed by atoms with van der Waals surface area (Å²) in [5, 5.41) is 0. The van der Waals surface area contributed by atoms with Gasteiger partial charge in [0.1, 0.15) is 5.75 Å². The van der Waals surface area contributed by atoms with Crippen molar-refractivity contribution in [3.63, 3.8) is 0 Å². The van der Waals surface area contributed by atoms with Crippen LogP contribution in [0.5, 0.6) is 5.75 Å². The Labute approximate surface area is 168 Å². The van der Waals surface area contributed by atoms with E-state index in [2.05, 4.69) is 53.1 Å². The summed E-state index contributed by atoms with van der Waals surface area (Å²) in [5.41, 5.74) is 3.58. The van der Waals surface area contributed by atoms with E-state index in [-0.39, 0.29) is 5.41 Å². The number of benzene rings is 2. The van der Waals surface area contributed by atoms with E-state index in [1.165, 1.54) is 16.7 Å². The summed E-state index contributed by atoms with van der Waals surface area (Å²) in [7, 11) is 1.69. The van der Waals surface area contributed by atoms with Gasteiger partial charge in [-0.05, 0) is 56.0 Å². The Morgan fingerprint density at radius 3 is 2.57 bits per heavy atom. The van der Waals surface area contributed by atoms with Crippen LogP contribution in [-0.4, -0.2) is 42.5 Å². The number of likely N-dealkylation sites (tertiary alicyclic amines) is 2. The van der Waals surface area contributed by atoms with Crippen LogP contribution in [0.4, 0.5) is 0 Å². The Hall–Kier alpha value is -2.33. The van der Waals surface area contributed by atoms with Gasteiger partial charge in [-0.2, -0.15) is 0 Å². The normalized spacial score (nSPS) is 22.8. The first-order valence-electron chi connectivity index (χ1n) is 10.3. The van der Waals surface area contributed by atoms with Gasteiger partial charge in [0, 0.05) is 26.2 Å². The molecule has 148 valence electrons. The summed E-state index contributed by atoms with van der Waals surface area (Å²) < 4.78 is 5.25. The number of ether oxygens (including phenoxy) is 1. The SMILES string of the molecule is COc1ccc(CN2CCC3(CCCN(Cc4cccc(C)c4)C3=O)C2)cc1. The number of hydrogen-bond donors (Lipinski definition) is 0. The molecule has 0 bridgehead atoms. The molecule has 2 aromatic rings. The van der Waals surface area contributed by atoms with Crippen LogP contribution < -0.4 is 4.74 Å². The van der Waals surface area contributed by atoms with Gasteiger partial charge in [0.15, 0.2) is 0 Å². The zero-order valence-electron chi connectivity index (χ0n) is 17.0. The first-order chi connectivity index (χ1) is 13.6. The van der Waals surface area contributed by atoms with Gasteiger partial charge in [-0.1, -0.05) is 42.0 Å². The first-order valence-corrected chi connectivity index (χ1v) is 10.3. The average molecular weight is 379 g/mol. The lowest BCUT2D eigenvalue weighted by molar-refractivity contribution is -0.146. The number of aryl methyl sites for hydroxylation is 1. The van der Waals surface area contributed by atoms with Crippen LogP contribution >= 0.6 is 0 Å². The Morgan fingerprint density at radius 1 is 1.00 bits per heavy atom. The molecule has 2 aliphatic heterocycles. The number of methoxy groups -OCH3 is 1. The lowest BCUT2D eigenvalue weighted by Gasteiger charge is -2.39. The van der Waals surface area contributed by atoms with Crippen molar-refractivity contribution >= 4 is 5.91 Å². The molecule has 4 heteroatoms. The van der Waals surface area contributed by atoms with Crippen molar-refractivity contribution in [2.24, 2.45) is 5.41 Å². The maximum Gasteiger partial charge on any atom is 0.230 e. The van der Waals surface area contributed by atoms with Crippen molar-refractivity contribution in [2.45, 2.75) is 39.3 Å². The summed E-state index contributed by atoms with van der Waals surface area (Å²) >= 11 is 0. The number of amides is 1. The quantitative estimate of drug-likeness (QED) is 0.788. The summed E-state index contributed by atoms with van der Waals surface area (Å²) in [6.07, 6.45) is 3.11. The minimum Gasteiger partial charge on any atom is -0.497 e. The minimum atomic E-state index is -0.186. The van der Waals surface area contributed by atoms with Gasteiger partial charge in [0.05, 0.1) is 12.5 Å². The van der Waals surface area contributed by atoms with Gasteiger partial charge in [-0.25, -0.2) is 0 Å². The van der Waals surface area contributed by atoms with E-state index in [0.29, 0.717) is 5.91 Å². The smallest absolute Gasteiger partial charge is 0.230 e. The fraction of sp³-hybridized carbons (Fsp3) is 0.458. The molecule has 4 rings (SSSR count). The molecule has 2 heterocycles. The number of rotatable bonds is 5. The van der Waals surface area contributed by atoms with Crippen LogP contribution in [0.15, 0.2) is 48.5 Å². The summed E-state index contributed by atoms with van der Waals surface area (Å²) in [5.74, 6) is 1.24. The van der Waals surface area contributed by atoms with Gasteiger partial charge in [-0.3, -0.25) is 9.69 Å². The molecule has 0 saturated carbocycles. The second-order valence-electron chi connectivity index (χ2n) is 8.41. The summed E-state index contributed by atoms with van der Waals surface area (Å²) in [4.78, 5) is 17.9. The highest BCUT2D eigenvalue weighted by molar-refractivity contribution is 5.84. The third-order valence-corrected chi connectivity index (χ3v) is 6.28. The molecule has 1 amide bonds. The van der Waals surface area contributed by atoms with Crippen molar-refractivity contribution in [1.82, 2.24) is 9.80 Å². The van der Waals surface area contributed by atoms with Gasteiger partial charge in [-0.15, -0.1) is 0 Å². The maximum absolute atomic E-state index is 13.4. The lowest BCUT2D eigenvalue weighted by atomic mass is 9.78. The summed E-state index contributed by atoms with van der Waals surface area (Å²) in [6, 6.07) is 16.8. The van der Waals surface area contributed by atoms with Gasteiger partial charge in [0.25, 0.3) is 0 Å². The highest BCUT2D eigenvalue weighted by Crippen LogP contribution is 2.41. The monoisotopic (exact) mass is 378 g/mol. The van der Waals surface area contributed by atoms with E-state index in [1.54, 1.807) is 7.11 Å². The van der Waals surface area contributed by atoms with Gasteiger partial charge in [0.2, 0.25) is 5.91 Å². The number of nitrogens with zero attached hydrogens (tertiary/aromatic N) is 2. The van der Waals surface area contributed by atoms with Crippen molar-refractivity contribution in [3.8, 4) is 5.75 Å². The molecular weight excluding hydrogens is 348 g/mol. The largest absolute Gasteiger partial charge is 0.497 e. The van der Waals surface area contributed by atoms with Crippen LogP contribution in [0.1, 0.15) is 36.0 Å². The molecule has 2 saturated heterocycles. The number of piperidine rings is 1. The zero-order chi connectivity index (χ0) is 19.6. The molecule has 2 fully saturated rings. The van der Waals surface area contributed by atoms with Crippen LogP contribution in [-0.2, 0) is 17.9 Å². The van der Waals surface area contributed by atoms with Crippen molar-refractivity contribution in [2.75, 3.05) is 26.7 Å². The van der Waals surface area contributed by atoms with Crippen LogP contribution in [0.2, 0.25) is 0 Å². The number of carbonyl (C=O) groups excluding carboxylic acids is 1. The highest BCUT2D eigenvalue weighted by Gasteiger charge is 2.48. The standard InChI is InChI=1S/C24H30N2O2/c1-19-5-3-6-21(15-19)17-26-13-4-11-24(23(26)27)12-14-25(18-24)16-20-7-9-22(28-2)10-8-20/h3,5-10,15H,4,11-14,16-18H2,1-2H3. The van der Waals surface area contributed by atoms with E-state index in [9.17, 15) is 4.79 Å². The van der Waals surface area contributed by atoms with Crippen LogP contribution in [0.25, 0.3) is 0 Å². The minimum absolute atomic E-state index is 0.186. The van der Waals surface area contributed by atoms with Crippen molar-refractivity contribution in [3.05, 3.63) is 65.2 Å². The van der Waals surface area contributed by atoms with Crippen molar-refractivity contribution < 1.29 is 9.53 Å². The highest BCUT2D eigenvalue weighted by atomic mass is 16.5. The molecule has 0 aliphatic carbocycles. The topological polar surface area (TPSA) is 32.8 Å². The maximum atomic E-state index is 13.4. The molecule has 0 radical (unpaired) electrons. The van der Waals surface area contributed by atoms with E-state index in [1.807, 2.05) is 12.1 Å². The predicted molar refractivity (Wildman–Crippen MR) is 111 cm³/mol.